The molecule has 2 unspecified atom stereocenters. The van der Waals surface area contributed by atoms with Crippen molar-refractivity contribution in [3.8, 4) is 0 Å². The summed E-state index contributed by atoms with van der Waals surface area (Å²) in [7, 11) is 0. The van der Waals surface area contributed by atoms with Crippen LogP contribution < -0.4 is 0 Å². The minimum absolute atomic E-state index is 0.0243. The summed E-state index contributed by atoms with van der Waals surface area (Å²) in [6.07, 6.45) is 3.86. The number of aryl methyl sites for hydroxylation is 2. The first-order valence-corrected chi connectivity index (χ1v) is 13.0. The monoisotopic (exact) mass is 513 g/mol. The molecule has 0 spiro atoms. The zero-order chi connectivity index (χ0) is 27.3. The van der Waals surface area contributed by atoms with Gasteiger partial charge in [0, 0.05) is 47.8 Å². The fourth-order valence-electron chi connectivity index (χ4n) is 5.51. The molecule has 7 N–H and O–H groups in total. The van der Waals surface area contributed by atoms with E-state index in [0.717, 1.165) is 46.7 Å². The van der Waals surface area contributed by atoms with Gasteiger partial charge in [-0.1, -0.05) is 13.8 Å². The molecule has 0 radical (unpaired) electrons. The molecule has 0 aliphatic rings. The van der Waals surface area contributed by atoms with Crippen molar-refractivity contribution in [3.05, 3.63) is 68.6 Å². The molecule has 3 aromatic heterocycles. The van der Waals surface area contributed by atoms with Gasteiger partial charge >= 0.3 is 11.9 Å². The van der Waals surface area contributed by atoms with E-state index >= 15 is 0 Å². The minimum atomic E-state index is -1.01. The number of rotatable bonds is 14. The Morgan fingerprint density at radius 2 is 1.11 bits per heavy atom. The number of aliphatic hydroxyl groups excluding tert-OH is 2. The summed E-state index contributed by atoms with van der Waals surface area (Å²) in [5.41, 5.74) is 7.46. The first kappa shape index (κ1) is 28.3. The number of aromatic carboxylic acids is 2. The summed E-state index contributed by atoms with van der Waals surface area (Å²) in [6.45, 7) is 7.76. The number of hydrogen-bond acceptors (Lipinski definition) is 4. The molecular formula is C28H39N3O6. The van der Waals surface area contributed by atoms with Crippen LogP contribution in [-0.2, 0) is 12.8 Å². The van der Waals surface area contributed by atoms with Crippen LogP contribution in [0.2, 0.25) is 0 Å². The normalized spacial score (nSPS) is 13.1. The average Bonchev–Trinajstić information content (AvgIpc) is 3.54. The number of carboxylic acid groups (broad SMARTS) is 2. The molecular weight excluding hydrogens is 474 g/mol. The smallest absolute Gasteiger partial charge is 0.352 e. The van der Waals surface area contributed by atoms with E-state index in [1.165, 1.54) is 0 Å². The largest absolute Gasteiger partial charge is 0.477 e. The molecule has 202 valence electrons. The molecule has 2 atom stereocenters. The summed E-state index contributed by atoms with van der Waals surface area (Å²) >= 11 is 0. The predicted octanol–water partition coefficient (Wildman–Crippen LogP) is 4.62. The van der Waals surface area contributed by atoms with Crippen molar-refractivity contribution < 1.29 is 30.0 Å². The molecule has 0 aliphatic heterocycles. The molecule has 0 aromatic carbocycles. The van der Waals surface area contributed by atoms with Crippen molar-refractivity contribution in [1.29, 1.82) is 0 Å². The predicted molar refractivity (Wildman–Crippen MR) is 141 cm³/mol. The lowest BCUT2D eigenvalue weighted by Crippen LogP contribution is -2.09. The number of hydrogen-bond donors (Lipinski definition) is 7. The highest BCUT2D eigenvalue weighted by Crippen LogP contribution is 2.40. The van der Waals surface area contributed by atoms with Crippen molar-refractivity contribution in [3.63, 3.8) is 0 Å². The average molecular weight is 514 g/mol. The summed E-state index contributed by atoms with van der Waals surface area (Å²) in [4.78, 5) is 33.3. The number of carboxylic acids is 2. The van der Waals surface area contributed by atoms with E-state index in [2.05, 4.69) is 28.8 Å². The Morgan fingerprint density at radius 3 is 1.38 bits per heavy atom. The van der Waals surface area contributed by atoms with Crippen LogP contribution in [-0.4, -0.2) is 60.5 Å². The Labute approximate surface area is 217 Å². The fourth-order valence-corrected chi connectivity index (χ4v) is 5.51. The molecule has 0 saturated heterocycles. The third kappa shape index (κ3) is 5.83. The Bertz CT molecular complexity index is 1140. The van der Waals surface area contributed by atoms with Gasteiger partial charge in [0.2, 0.25) is 0 Å². The number of aliphatic hydroxyl groups is 2. The lowest BCUT2D eigenvalue weighted by atomic mass is 9.88. The van der Waals surface area contributed by atoms with E-state index in [4.69, 9.17) is 0 Å². The molecule has 3 aromatic rings. The quantitative estimate of drug-likeness (QED) is 0.166. The second-order valence-corrected chi connectivity index (χ2v) is 9.63. The van der Waals surface area contributed by atoms with Gasteiger partial charge in [0.15, 0.2) is 0 Å². The van der Waals surface area contributed by atoms with E-state index in [-0.39, 0.29) is 36.4 Å². The van der Waals surface area contributed by atoms with Crippen molar-refractivity contribution in [1.82, 2.24) is 15.0 Å². The third-order valence-electron chi connectivity index (χ3n) is 7.24. The first-order valence-electron chi connectivity index (χ1n) is 13.0. The van der Waals surface area contributed by atoms with Crippen molar-refractivity contribution in [2.24, 2.45) is 0 Å². The van der Waals surface area contributed by atoms with Gasteiger partial charge in [-0.15, -0.1) is 0 Å². The lowest BCUT2D eigenvalue weighted by molar-refractivity contribution is 0.0679. The Balaban J connectivity index is 2.21. The molecule has 37 heavy (non-hydrogen) atoms. The van der Waals surface area contributed by atoms with Gasteiger partial charge in [-0.3, -0.25) is 0 Å². The maximum absolute atomic E-state index is 11.7. The number of aromatic amines is 3. The molecule has 3 heterocycles. The summed E-state index contributed by atoms with van der Waals surface area (Å²) < 4.78 is 0. The maximum Gasteiger partial charge on any atom is 0.352 e. The third-order valence-corrected chi connectivity index (χ3v) is 7.24. The van der Waals surface area contributed by atoms with Gasteiger partial charge in [0.1, 0.15) is 11.4 Å². The Hall–Kier alpha value is -3.30. The highest BCUT2D eigenvalue weighted by atomic mass is 16.4. The van der Waals surface area contributed by atoms with Crippen LogP contribution in [0.25, 0.3) is 0 Å². The van der Waals surface area contributed by atoms with Gasteiger partial charge in [-0.25, -0.2) is 9.59 Å². The van der Waals surface area contributed by atoms with Crippen LogP contribution in [0.15, 0.2) is 12.1 Å². The topological polar surface area (TPSA) is 162 Å². The van der Waals surface area contributed by atoms with Gasteiger partial charge < -0.3 is 35.4 Å². The first-order chi connectivity index (χ1) is 17.7. The molecule has 0 amide bonds. The Morgan fingerprint density at radius 1 is 0.730 bits per heavy atom. The maximum atomic E-state index is 11.7. The van der Waals surface area contributed by atoms with Crippen molar-refractivity contribution >= 4 is 11.9 Å². The minimum Gasteiger partial charge on any atom is -0.477 e. The van der Waals surface area contributed by atoms with Gasteiger partial charge in [0.25, 0.3) is 0 Å². The van der Waals surface area contributed by atoms with Gasteiger partial charge in [-0.2, -0.15) is 0 Å². The van der Waals surface area contributed by atoms with Crippen LogP contribution >= 0.6 is 0 Å². The van der Waals surface area contributed by atoms with E-state index in [0.29, 0.717) is 36.8 Å². The van der Waals surface area contributed by atoms with E-state index in [1.807, 2.05) is 12.1 Å². The molecule has 3 rings (SSSR count). The Kier molecular flexibility index (Phi) is 9.39. The van der Waals surface area contributed by atoms with Gasteiger partial charge in [0.05, 0.1) is 0 Å². The highest BCUT2D eigenvalue weighted by molar-refractivity contribution is 5.88. The standard InChI is InChI=1S/C28H39N3O6/c1-5-17-18(6-2)26(20(10-8-12-33)22-14-16(4)24(30-22)28(36)37)31-25(17)19(9-7-11-32)21-13-15(3)23(29-21)27(34)35/h13-14,19-20,29-33H,5-12H2,1-4H3,(H,34,35)(H,36,37). The lowest BCUT2D eigenvalue weighted by Gasteiger charge is -2.18. The van der Waals surface area contributed by atoms with Crippen molar-refractivity contribution in [2.75, 3.05) is 13.2 Å². The fraction of sp³-hybridized carbons (Fsp3) is 0.500. The summed E-state index contributed by atoms with van der Waals surface area (Å²) in [6, 6.07) is 3.74. The van der Waals surface area contributed by atoms with Crippen LogP contribution in [0, 0.1) is 13.8 Å². The van der Waals surface area contributed by atoms with Crippen LogP contribution in [0.3, 0.4) is 0 Å². The number of aromatic nitrogens is 3. The zero-order valence-electron chi connectivity index (χ0n) is 22.1. The number of nitrogens with one attached hydrogen (secondary N) is 3. The molecule has 9 nitrogen and oxygen atoms in total. The highest BCUT2D eigenvalue weighted by Gasteiger charge is 2.30. The molecule has 9 heteroatoms. The van der Waals surface area contributed by atoms with Crippen LogP contribution in [0.5, 0.6) is 0 Å². The van der Waals surface area contributed by atoms with E-state index in [1.54, 1.807) is 13.8 Å². The van der Waals surface area contributed by atoms with Gasteiger partial charge in [-0.05, 0) is 86.8 Å². The van der Waals surface area contributed by atoms with Crippen LogP contribution in [0.1, 0.15) is 117 Å². The molecule has 0 bridgehead atoms. The zero-order valence-corrected chi connectivity index (χ0v) is 22.1. The summed E-state index contributed by atoms with van der Waals surface area (Å²) in [5.74, 6) is -2.37. The molecule has 0 fully saturated rings. The van der Waals surface area contributed by atoms with Crippen LogP contribution in [0.4, 0.5) is 0 Å². The number of carbonyl (C=O) groups is 2. The SMILES string of the molecule is CCc1c(C(CCCO)c2cc(C)c(C(=O)O)[nH]2)[nH]c(C(CCCO)c2cc(C)c(C(=O)O)[nH]2)c1CC. The van der Waals surface area contributed by atoms with E-state index in [9.17, 15) is 30.0 Å². The van der Waals surface area contributed by atoms with E-state index < -0.39 is 11.9 Å². The molecule has 0 aliphatic carbocycles. The second-order valence-electron chi connectivity index (χ2n) is 9.63. The molecule has 0 saturated carbocycles. The second kappa shape index (κ2) is 12.3. The number of H-pyrrole nitrogens is 3. The van der Waals surface area contributed by atoms with Crippen molar-refractivity contribution in [2.45, 2.75) is 78.1 Å². The summed E-state index contributed by atoms with van der Waals surface area (Å²) in [5, 5.41) is 38.4.